The van der Waals surface area contributed by atoms with Crippen LogP contribution >= 0.6 is 11.6 Å². The third-order valence-corrected chi connectivity index (χ3v) is 3.97. The fraction of sp³-hybridized carbons (Fsp3) is 0.333. The Balaban J connectivity index is 3.27. The topological polar surface area (TPSA) is 78.2 Å². The van der Waals surface area contributed by atoms with Gasteiger partial charge in [-0.25, -0.2) is 8.42 Å². The van der Waals surface area contributed by atoms with E-state index in [1.807, 2.05) is 6.07 Å². The minimum atomic E-state index is -3.41. The fourth-order valence-corrected chi connectivity index (χ4v) is 2.33. The predicted molar refractivity (Wildman–Crippen MR) is 71.8 cm³/mol. The SMILES string of the molecule is CCN(CC#N)C(=O)c1cc(S(C)(=O)=O)ccc1Cl. The van der Waals surface area contributed by atoms with E-state index in [0.29, 0.717) is 6.54 Å². The van der Waals surface area contributed by atoms with Gasteiger partial charge in [0.1, 0.15) is 6.54 Å². The van der Waals surface area contributed by atoms with Gasteiger partial charge in [0.2, 0.25) is 0 Å². The number of halogens is 1. The van der Waals surface area contributed by atoms with E-state index in [9.17, 15) is 13.2 Å². The molecule has 1 aromatic carbocycles. The number of sulfone groups is 1. The number of benzene rings is 1. The normalized spacial score (nSPS) is 10.8. The summed E-state index contributed by atoms with van der Waals surface area (Å²) in [5, 5.41) is 8.80. The molecule has 0 fully saturated rings. The van der Waals surface area contributed by atoms with Gasteiger partial charge in [0.15, 0.2) is 9.84 Å². The Morgan fingerprint density at radius 2 is 2.11 bits per heavy atom. The highest BCUT2D eigenvalue weighted by atomic mass is 35.5. The smallest absolute Gasteiger partial charge is 0.256 e. The number of nitriles is 1. The highest BCUT2D eigenvalue weighted by Crippen LogP contribution is 2.22. The lowest BCUT2D eigenvalue weighted by Gasteiger charge is -2.18. The minimum Gasteiger partial charge on any atom is -0.326 e. The molecule has 0 aromatic heterocycles. The first-order valence-electron chi connectivity index (χ1n) is 5.47. The molecule has 5 nitrogen and oxygen atoms in total. The van der Waals surface area contributed by atoms with Gasteiger partial charge < -0.3 is 4.90 Å². The third-order valence-electron chi connectivity index (χ3n) is 2.53. The lowest BCUT2D eigenvalue weighted by atomic mass is 10.2. The lowest BCUT2D eigenvalue weighted by Crippen LogP contribution is -2.31. The van der Waals surface area contributed by atoms with Gasteiger partial charge in [-0.1, -0.05) is 11.6 Å². The first-order valence-corrected chi connectivity index (χ1v) is 7.74. The number of hydrogen-bond donors (Lipinski definition) is 0. The van der Waals surface area contributed by atoms with Crippen molar-refractivity contribution < 1.29 is 13.2 Å². The highest BCUT2D eigenvalue weighted by molar-refractivity contribution is 7.90. The van der Waals surface area contributed by atoms with Crippen LogP contribution in [0, 0.1) is 11.3 Å². The second-order valence-corrected chi connectivity index (χ2v) is 6.31. The molecule has 1 amide bonds. The zero-order valence-corrected chi connectivity index (χ0v) is 12.1. The quantitative estimate of drug-likeness (QED) is 0.793. The minimum absolute atomic E-state index is 0.0215. The molecular weight excluding hydrogens is 288 g/mol. The third kappa shape index (κ3) is 3.69. The molecule has 0 aliphatic carbocycles. The molecule has 19 heavy (non-hydrogen) atoms. The molecule has 0 saturated heterocycles. The van der Waals surface area contributed by atoms with Crippen molar-refractivity contribution in [2.75, 3.05) is 19.3 Å². The Hall–Kier alpha value is -1.58. The number of rotatable bonds is 4. The van der Waals surface area contributed by atoms with Gasteiger partial charge in [-0.05, 0) is 25.1 Å². The van der Waals surface area contributed by atoms with E-state index in [2.05, 4.69) is 0 Å². The molecule has 0 atom stereocenters. The van der Waals surface area contributed by atoms with Crippen LogP contribution in [0.1, 0.15) is 17.3 Å². The standard InChI is InChI=1S/C12H13ClN2O3S/c1-3-15(7-6-14)12(16)10-8-9(19(2,17)18)4-5-11(10)13/h4-5,8H,3,7H2,1-2H3. The average Bonchev–Trinajstić information content (AvgIpc) is 2.34. The summed E-state index contributed by atoms with van der Waals surface area (Å²) in [6, 6.07) is 5.82. The van der Waals surface area contributed by atoms with Crippen LogP contribution in [0.2, 0.25) is 5.02 Å². The number of carbonyl (C=O) groups is 1. The second kappa shape index (κ2) is 6.04. The van der Waals surface area contributed by atoms with Gasteiger partial charge in [-0.3, -0.25) is 4.79 Å². The van der Waals surface area contributed by atoms with E-state index in [1.165, 1.54) is 23.1 Å². The maximum absolute atomic E-state index is 12.2. The monoisotopic (exact) mass is 300 g/mol. The maximum atomic E-state index is 12.2. The molecule has 0 spiro atoms. The van der Waals surface area contributed by atoms with E-state index < -0.39 is 15.7 Å². The van der Waals surface area contributed by atoms with Crippen LogP contribution < -0.4 is 0 Å². The Morgan fingerprint density at radius 3 is 2.58 bits per heavy atom. The van der Waals surface area contributed by atoms with Crippen LogP contribution in [0.15, 0.2) is 23.1 Å². The summed E-state index contributed by atoms with van der Waals surface area (Å²) >= 11 is 5.92. The van der Waals surface area contributed by atoms with Crippen LogP contribution in [0.4, 0.5) is 0 Å². The number of carbonyl (C=O) groups excluding carboxylic acids is 1. The van der Waals surface area contributed by atoms with Crippen molar-refractivity contribution in [1.29, 1.82) is 5.26 Å². The van der Waals surface area contributed by atoms with Crippen molar-refractivity contribution in [1.82, 2.24) is 4.90 Å². The zero-order valence-electron chi connectivity index (χ0n) is 10.6. The molecule has 0 aliphatic rings. The molecule has 0 heterocycles. The molecule has 0 aliphatic heterocycles. The van der Waals surface area contributed by atoms with Gasteiger partial charge in [0, 0.05) is 12.8 Å². The predicted octanol–water partition coefficient (Wildman–Crippen LogP) is 1.73. The summed E-state index contributed by atoms with van der Waals surface area (Å²) in [4.78, 5) is 13.5. The van der Waals surface area contributed by atoms with Crippen LogP contribution in [-0.2, 0) is 9.84 Å². The van der Waals surface area contributed by atoms with Gasteiger partial charge in [-0.15, -0.1) is 0 Å². The highest BCUT2D eigenvalue weighted by Gasteiger charge is 2.19. The van der Waals surface area contributed by atoms with E-state index >= 15 is 0 Å². The molecule has 0 saturated carbocycles. The lowest BCUT2D eigenvalue weighted by molar-refractivity contribution is 0.0784. The number of amides is 1. The Bertz CT molecular complexity index is 635. The molecule has 0 radical (unpaired) electrons. The van der Waals surface area contributed by atoms with Crippen LogP contribution in [0.25, 0.3) is 0 Å². The Labute approximate surface area is 117 Å². The van der Waals surface area contributed by atoms with Crippen molar-refractivity contribution in [3.05, 3.63) is 28.8 Å². The molecule has 0 unspecified atom stereocenters. The molecule has 7 heteroatoms. The zero-order chi connectivity index (χ0) is 14.6. The molecular formula is C12H13ClN2O3S. The first-order chi connectivity index (χ1) is 8.81. The van der Waals surface area contributed by atoms with Crippen LogP contribution in [0.3, 0.4) is 0 Å². The first kappa shape index (κ1) is 15.5. The van der Waals surface area contributed by atoms with Crippen molar-refractivity contribution in [2.24, 2.45) is 0 Å². The molecule has 1 aromatic rings. The van der Waals surface area contributed by atoms with Gasteiger partial charge >= 0.3 is 0 Å². The van der Waals surface area contributed by atoms with Gasteiger partial charge in [0.25, 0.3) is 5.91 Å². The van der Waals surface area contributed by atoms with Crippen molar-refractivity contribution in [3.63, 3.8) is 0 Å². The Kier molecular flexibility index (Phi) is 4.92. The second-order valence-electron chi connectivity index (χ2n) is 3.89. The van der Waals surface area contributed by atoms with Crippen LogP contribution in [-0.4, -0.2) is 38.6 Å². The molecule has 102 valence electrons. The van der Waals surface area contributed by atoms with Crippen LogP contribution in [0.5, 0.6) is 0 Å². The van der Waals surface area contributed by atoms with Crippen molar-refractivity contribution in [3.8, 4) is 6.07 Å². The van der Waals surface area contributed by atoms with E-state index in [0.717, 1.165) is 6.26 Å². The van der Waals surface area contributed by atoms with E-state index in [1.54, 1.807) is 6.92 Å². The van der Waals surface area contributed by atoms with Gasteiger partial charge in [0.05, 0.1) is 21.6 Å². The largest absolute Gasteiger partial charge is 0.326 e. The summed E-state index contributed by atoms with van der Waals surface area (Å²) in [5.74, 6) is -0.459. The molecule has 1 rings (SSSR count). The number of hydrogen-bond acceptors (Lipinski definition) is 4. The summed E-state index contributed by atoms with van der Waals surface area (Å²) < 4.78 is 22.9. The van der Waals surface area contributed by atoms with E-state index in [-0.39, 0.29) is 22.0 Å². The van der Waals surface area contributed by atoms with Gasteiger partial charge in [-0.2, -0.15) is 5.26 Å². The maximum Gasteiger partial charge on any atom is 0.256 e. The molecule has 0 bridgehead atoms. The number of nitrogens with zero attached hydrogens (tertiary/aromatic N) is 2. The Morgan fingerprint density at radius 1 is 1.47 bits per heavy atom. The van der Waals surface area contributed by atoms with E-state index in [4.69, 9.17) is 16.9 Å². The summed E-state index contributed by atoms with van der Waals surface area (Å²) in [7, 11) is -3.41. The van der Waals surface area contributed by atoms with Crippen molar-refractivity contribution >= 4 is 27.3 Å². The summed E-state index contributed by atoms with van der Waals surface area (Å²) in [5.41, 5.74) is 0.0849. The summed E-state index contributed by atoms with van der Waals surface area (Å²) in [6.45, 7) is 1.99. The average molecular weight is 301 g/mol. The van der Waals surface area contributed by atoms with Crippen molar-refractivity contribution in [2.45, 2.75) is 11.8 Å². The molecule has 0 N–H and O–H groups in total. The fourth-order valence-electron chi connectivity index (χ4n) is 1.48. The summed E-state index contributed by atoms with van der Waals surface area (Å²) in [6.07, 6.45) is 1.05.